The highest BCUT2D eigenvalue weighted by Crippen LogP contribution is 2.29. The molecular formula is C15H25FN2. The maximum absolute atomic E-state index is 14.1. The van der Waals surface area contributed by atoms with Crippen LogP contribution in [-0.2, 0) is 0 Å². The third-order valence-corrected chi connectivity index (χ3v) is 3.19. The molecular weight excluding hydrogens is 227 g/mol. The normalized spacial score (nSPS) is 12.5. The van der Waals surface area contributed by atoms with Gasteiger partial charge in [0.05, 0.1) is 5.69 Å². The van der Waals surface area contributed by atoms with Gasteiger partial charge in [-0.1, -0.05) is 26.0 Å². The molecule has 0 radical (unpaired) electrons. The summed E-state index contributed by atoms with van der Waals surface area (Å²) in [5, 5.41) is 3.36. The topological polar surface area (TPSA) is 15.3 Å². The summed E-state index contributed by atoms with van der Waals surface area (Å²) in [6, 6.07) is 5.54. The average Bonchev–Trinajstić information content (AvgIpc) is 2.36. The van der Waals surface area contributed by atoms with Crippen molar-refractivity contribution in [3.8, 4) is 0 Å². The summed E-state index contributed by atoms with van der Waals surface area (Å²) in [7, 11) is 0. The number of halogens is 1. The summed E-state index contributed by atoms with van der Waals surface area (Å²) in [4.78, 5) is 2.12. The number of rotatable bonds is 7. The van der Waals surface area contributed by atoms with E-state index in [0.29, 0.717) is 0 Å². The van der Waals surface area contributed by atoms with E-state index >= 15 is 0 Å². The summed E-state index contributed by atoms with van der Waals surface area (Å²) >= 11 is 0. The summed E-state index contributed by atoms with van der Waals surface area (Å²) in [6.45, 7) is 11.0. The minimum absolute atomic E-state index is 0.118. The van der Waals surface area contributed by atoms with Crippen LogP contribution in [-0.4, -0.2) is 19.6 Å². The van der Waals surface area contributed by atoms with Crippen molar-refractivity contribution in [1.82, 2.24) is 5.32 Å². The van der Waals surface area contributed by atoms with Gasteiger partial charge in [0.25, 0.3) is 0 Å². The van der Waals surface area contributed by atoms with Crippen molar-refractivity contribution in [3.05, 3.63) is 29.6 Å². The van der Waals surface area contributed by atoms with Crippen LogP contribution < -0.4 is 10.2 Å². The SMILES string of the molecule is CCCN(CC)c1c(F)cccc1C(C)NCC. The van der Waals surface area contributed by atoms with E-state index in [1.165, 1.54) is 0 Å². The largest absolute Gasteiger partial charge is 0.369 e. The molecule has 0 saturated carbocycles. The van der Waals surface area contributed by atoms with Crippen molar-refractivity contribution in [2.45, 2.75) is 40.2 Å². The van der Waals surface area contributed by atoms with Crippen molar-refractivity contribution in [1.29, 1.82) is 0 Å². The van der Waals surface area contributed by atoms with Gasteiger partial charge in [-0.05, 0) is 38.4 Å². The van der Waals surface area contributed by atoms with E-state index in [4.69, 9.17) is 0 Å². The molecule has 3 heteroatoms. The summed E-state index contributed by atoms with van der Waals surface area (Å²) in [5.41, 5.74) is 1.81. The summed E-state index contributed by atoms with van der Waals surface area (Å²) < 4.78 is 14.1. The van der Waals surface area contributed by atoms with Crippen molar-refractivity contribution in [2.75, 3.05) is 24.5 Å². The van der Waals surface area contributed by atoms with E-state index in [0.717, 1.165) is 37.3 Å². The molecule has 18 heavy (non-hydrogen) atoms. The monoisotopic (exact) mass is 252 g/mol. The molecule has 1 aromatic rings. The van der Waals surface area contributed by atoms with Crippen LogP contribution in [0.4, 0.5) is 10.1 Å². The molecule has 0 bridgehead atoms. The molecule has 0 aliphatic heterocycles. The Morgan fingerprint density at radius 1 is 1.28 bits per heavy atom. The number of anilines is 1. The van der Waals surface area contributed by atoms with E-state index in [-0.39, 0.29) is 11.9 Å². The molecule has 1 aromatic carbocycles. The van der Waals surface area contributed by atoms with Crippen LogP contribution >= 0.6 is 0 Å². The number of para-hydroxylation sites is 1. The predicted molar refractivity (Wildman–Crippen MR) is 76.7 cm³/mol. The van der Waals surface area contributed by atoms with E-state index in [9.17, 15) is 4.39 Å². The molecule has 0 aliphatic rings. The second-order valence-corrected chi connectivity index (χ2v) is 4.54. The maximum atomic E-state index is 14.1. The Kier molecular flexibility index (Phi) is 6.13. The van der Waals surface area contributed by atoms with E-state index in [1.54, 1.807) is 12.1 Å². The van der Waals surface area contributed by atoms with Gasteiger partial charge in [0.1, 0.15) is 5.82 Å². The van der Waals surface area contributed by atoms with Crippen molar-refractivity contribution >= 4 is 5.69 Å². The molecule has 0 saturated heterocycles. The first-order chi connectivity index (χ1) is 8.65. The van der Waals surface area contributed by atoms with Crippen LogP contribution in [0.5, 0.6) is 0 Å². The highest BCUT2D eigenvalue weighted by atomic mass is 19.1. The van der Waals surface area contributed by atoms with Gasteiger partial charge in [-0.25, -0.2) is 4.39 Å². The van der Waals surface area contributed by atoms with Gasteiger partial charge in [-0.2, -0.15) is 0 Å². The maximum Gasteiger partial charge on any atom is 0.146 e. The Hall–Kier alpha value is -1.09. The van der Waals surface area contributed by atoms with Gasteiger partial charge >= 0.3 is 0 Å². The first kappa shape index (κ1) is 15.0. The van der Waals surface area contributed by atoms with Crippen LogP contribution in [0.15, 0.2) is 18.2 Å². The lowest BCUT2D eigenvalue weighted by Crippen LogP contribution is -2.28. The number of nitrogens with zero attached hydrogens (tertiary/aromatic N) is 1. The first-order valence-electron chi connectivity index (χ1n) is 6.92. The van der Waals surface area contributed by atoms with Gasteiger partial charge in [0.2, 0.25) is 0 Å². The number of hydrogen-bond donors (Lipinski definition) is 1. The van der Waals surface area contributed by atoms with Gasteiger partial charge in [0.15, 0.2) is 0 Å². The van der Waals surface area contributed by atoms with Crippen molar-refractivity contribution in [3.63, 3.8) is 0 Å². The summed E-state index contributed by atoms with van der Waals surface area (Å²) in [6.07, 6.45) is 1.03. The highest BCUT2D eigenvalue weighted by molar-refractivity contribution is 5.56. The zero-order chi connectivity index (χ0) is 13.5. The number of benzene rings is 1. The van der Waals surface area contributed by atoms with Gasteiger partial charge in [-0.15, -0.1) is 0 Å². The Bertz CT molecular complexity index is 366. The van der Waals surface area contributed by atoms with Crippen molar-refractivity contribution in [2.24, 2.45) is 0 Å². The predicted octanol–water partition coefficient (Wildman–Crippen LogP) is 3.73. The molecule has 0 aliphatic carbocycles. The molecule has 0 amide bonds. The Morgan fingerprint density at radius 3 is 2.56 bits per heavy atom. The third-order valence-electron chi connectivity index (χ3n) is 3.19. The average molecular weight is 252 g/mol. The Labute approximate surface area is 110 Å². The van der Waals surface area contributed by atoms with Gasteiger partial charge in [0, 0.05) is 19.1 Å². The Morgan fingerprint density at radius 2 is 2.00 bits per heavy atom. The molecule has 0 aromatic heterocycles. The summed E-state index contributed by atoms with van der Waals surface area (Å²) in [5.74, 6) is -0.118. The smallest absolute Gasteiger partial charge is 0.146 e. The molecule has 1 N–H and O–H groups in total. The first-order valence-corrected chi connectivity index (χ1v) is 6.92. The second-order valence-electron chi connectivity index (χ2n) is 4.54. The standard InChI is InChI=1S/C15H25FN2/c1-5-11-18(7-3)15-13(12(4)17-6-2)9-8-10-14(15)16/h8-10,12,17H,5-7,11H2,1-4H3. The van der Waals surface area contributed by atoms with Crippen LogP contribution in [0.3, 0.4) is 0 Å². The molecule has 0 heterocycles. The zero-order valence-corrected chi connectivity index (χ0v) is 12.0. The van der Waals surface area contributed by atoms with Crippen LogP contribution in [0.2, 0.25) is 0 Å². The molecule has 0 fully saturated rings. The lowest BCUT2D eigenvalue weighted by atomic mass is 10.0. The van der Waals surface area contributed by atoms with Gasteiger partial charge in [-0.3, -0.25) is 0 Å². The fraction of sp³-hybridized carbons (Fsp3) is 0.600. The fourth-order valence-corrected chi connectivity index (χ4v) is 2.33. The number of hydrogen-bond acceptors (Lipinski definition) is 2. The number of nitrogens with one attached hydrogen (secondary N) is 1. The fourth-order valence-electron chi connectivity index (χ4n) is 2.33. The van der Waals surface area contributed by atoms with Crippen LogP contribution in [0.25, 0.3) is 0 Å². The van der Waals surface area contributed by atoms with Crippen LogP contribution in [0.1, 0.15) is 45.7 Å². The Balaban J connectivity index is 3.13. The zero-order valence-electron chi connectivity index (χ0n) is 12.0. The molecule has 2 nitrogen and oxygen atoms in total. The van der Waals surface area contributed by atoms with E-state index < -0.39 is 0 Å². The molecule has 1 atom stereocenters. The lowest BCUT2D eigenvalue weighted by molar-refractivity contribution is 0.576. The minimum atomic E-state index is -0.118. The molecule has 1 unspecified atom stereocenters. The molecule has 1 rings (SSSR count). The molecule has 0 spiro atoms. The van der Waals surface area contributed by atoms with Crippen LogP contribution in [0, 0.1) is 5.82 Å². The highest BCUT2D eigenvalue weighted by Gasteiger charge is 2.17. The third kappa shape index (κ3) is 3.45. The van der Waals surface area contributed by atoms with Crippen molar-refractivity contribution < 1.29 is 4.39 Å². The van der Waals surface area contributed by atoms with E-state index in [1.807, 2.05) is 6.07 Å². The lowest BCUT2D eigenvalue weighted by Gasteiger charge is -2.28. The quantitative estimate of drug-likeness (QED) is 0.795. The van der Waals surface area contributed by atoms with E-state index in [2.05, 4.69) is 37.9 Å². The molecule has 102 valence electrons. The minimum Gasteiger partial charge on any atom is -0.369 e. The second kappa shape index (κ2) is 7.37. The van der Waals surface area contributed by atoms with Gasteiger partial charge < -0.3 is 10.2 Å².